The summed E-state index contributed by atoms with van der Waals surface area (Å²) in [6.07, 6.45) is 3.32. The van der Waals surface area contributed by atoms with Crippen LogP contribution in [0.25, 0.3) is 0 Å². The molecule has 0 aliphatic heterocycles. The molecular formula is C14H19ClN2O. The second-order valence-corrected chi connectivity index (χ2v) is 6.02. The highest BCUT2D eigenvalue weighted by molar-refractivity contribution is 6.33. The summed E-state index contributed by atoms with van der Waals surface area (Å²) in [6, 6.07) is 5.35. The highest BCUT2D eigenvalue weighted by Gasteiger charge is 2.35. The Morgan fingerprint density at radius 3 is 2.83 bits per heavy atom. The Morgan fingerprint density at radius 2 is 2.22 bits per heavy atom. The zero-order valence-corrected chi connectivity index (χ0v) is 11.6. The minimum absolute atomic E-state index is 0.130. The largest absolute Gasteiger partial charge is 0.397 e. The summed E-state index contributed by atoms with van der Waals surface area (Å²) in [5, 5.41) is 3.50. The molecule has 0 aromatic heterocycles. The molecular weight excluding hydrogens is 248 g/mol. The minimum atomic E-state index is -0.130. The Morgan fingerprint density at radius 1 is 1.50 bits per heavy atom. The monoisotopic (exact) mass is 266 g/mol. The molecule has 1 atom stereocenters. The van der Waals surface area contributed by atoms with Crippen LogP contribution in [-0.2, 0) is 0 Å². The number of anilines is 1. The first-order valence-corrected chi connectivity index (χ1v) is 6.64. The first kappa shape index (κ1) is 13.2. The van der Waals surface area contributed by atoms with E-state index in [9.17, 15) is 4.79 Å². The second-order valence-electron chi connectivity index (χ2n) is 5.61. The molecule has 3 nitrogen and oxygen atoms in total. The van der Waals surface area contributed by atoms with Gasteiger partial charge >= 0.3 is 0 Å². The van der Waals surface area contributed by atoms with Crippen LogP contribution in [0.3, 0.4) is 0 Å². The van der Waals surface area contributed by atoms with Crippen LogP contribution in [0.15, 0.2) is 18.2 Å². The van der Waals surface area contributed by atoms with E-state index < -0.39 is 0 Å². The fourth-order valence-corrected chi connectivity index (χ4v) is 2.74. The first-order chi connectivity index (χ1) is 8.42. The number of para-hydroxylation sites is 1. The smallest absolute Gasteiger partial charge is 0.253 e. The van der Waals surface area contributed by atoms with E-state index in [0.717, 1.165) is 19.3 Å². The van der Waals surface area contributed by atoms with Crippen LogP contribution < -0.4 is 11.1 Å². The van der Waals surface area contributed by atoms with Crippen molar-refractivity contribution in [2.75, 3.05) is 5.73 Å². The lowest BCUT2D eigenvalue weighted by Crippen LogP contribution is -2.41. The van der Waals surface area contributed by atoms with E-state index in [-0.39, 0.29) is 17.4 Å². The third-order valence-corrected chi connectivity index (χ3v) is 4.19. The summed E-state index contributed by atoms with van der Waals surface area (Å²) in [5.74, 6) is -0.130. The molecule has 1 aliphatic rings. The number of nitrogens with one attached hydrogen (secondary N) is 1. The van der Waals surface area contributed by atoms with E-state index in [0.29, 0.717) is 16.3 Å². The number of nitrogens with two attached hydrogens (primary N) is 1. The molecule has 0 heterocycles. The number of amides is 1. The summed E-state index contributed by atoms with van der Waals surface area (Å²) >= 11 is 5.93. The average molecular weight is 267 g/mol. The number of benzene rings is 1. The molecule has 18 heavy (non-hydrogen) atoms. The second kappa shape index (κ2) is 4.81. The SMILES string of the molecule is CC1(C)CCCC1NC(=O)c1cccc(Cl)c1N. The third-order valence-electron chi connectivity index (χ3n) is 3.86. The van der Waals surface area contributed by atoms with Crippen LogP contribution in [0.2, 0.25) is 5.02 Å². The van der Waals surface area contributed by atoms with Crippen molar-refractivity contribution in [1.29, 1.82) is 0 Å². The van der Waals surface area contributed by atoms with Gasteiger partial charge in [0.25, 0.3) is 5.91 Å². The highest BCUT2D eigenvalue weighted by Crippen LogP contribution is 2.37. The number of nitrogen functional groups attached to an aromatic ring is 1. The summed E-state index contributed by atoms with van der Waals surface area (Å²) in [4.78, 5) is 12.2. The molecule has 4 heteroatoms. The van der Waals surface area contributed by atoms with E-state index >= 15 is 0 Å². The number of carbonyl (C=O) groups excluding carboxylic acids is 1. The van der Waals surface area contributed by atoms with Gasteiger partial charge in [-0.05, 0) is 30.4 Å². The number of rotatable bonds is 2. The number of carbonyl (C=O) groups is 1. The van der Waals surface area contributed by atoms with Crippen molar-refractivity contribution in [2.45, 2.75) is 39.2 Å². The van der Waals surface area contributed by atoms with Crippen LogP contribution in [0.5, 0.6) is 0 Å². The number of hydrogen-bond acceptors (Lipinski definition) is 2. The normalized spacial score (nSPS) is 21.8. The Bertz CT molecular complexity index is 471. The molecule has 2 rings (SSSR count). The van der Waals surface area contributed by atoms with Crippen LogP contribution in [-0.4, -0.2) is 11.9 Å². The fraction of sp³-hybridized carbons (Fsp3) is 0.500. The lowest BCUT2D eigenvalue weighted by molar-refractivity contribution is 0.0911. The zero-order valence-electron chi connectivity index (χ0n) is 10.8. The quantitative estimate of drug-likeness (QED) is 0.808. The van der Waals surface area contributed by atoms with Crippen molar-refractivity contribution in [1.82, 2.24) is 5.32 Å². The average Bonchev–Trinajstić information content (AvgIpc) is 2.62. The molecule has 3 N–H and O–H groups in total. The highest BCUT2D eigenvalue weighted by atomic mass is 35.5. The lowest BCUT2D eigenvalue weighted by Gasteiger charge is -2.28. The van der Waals surface area contributed by atoms with Crippen molar-refractivity contribution >= 4 is 23.2 Å². The topological polar surface area (TPSA) is 55.1 Å². The lowest BCUT2D eigenvalue weighted by atomic mass is 9.87. The summed E-state index contributed by atoms with van der Waals surface area (Å²) in [6.45, 7) is 4.37. The van der Waals surface area contributed by atoms with Crippen LogP contribution >= 0.6 is 11.6 Å². The Hall–Kier alpha value is -1.22. The Kier molecular flexibility index (Phi) is 3.53. The Labute approximate surface area is 113 Å². The van der Waals surface area contributed by atoms with Crippen LogP contribution in [0.1, 0.15) is 43.5 Å². The molecule has 0 radical (unpaired) electrons. The van der Waals surface area contributed by atoms with Crippen LogP contribution in [0.4, 0.5) is 5.69 Å². The van der Waals surface area contributed by atoms with Gasteiger partial charge in [0.15, 0.2) is 0 Å². The van der Waals surface area contributed by atoms with Gasteiger partial charge < -0.3 is 11.1 Å². The maximum absolute atomic E-state index is 12.2. The Balaban J connectivity index is 2.15. The molecule has 1 unspecified atom stereocenters. The van der Waals surface area contributed by atoms with E-state index in [2.05, 4.69) is 19.2 Å². The predicted molar refractivity (Wildman–Crippen MR) is 74.8 cm³/mol. The van der Waals surface area contributed by atoms with Crippen molar-refractivity contribution < 1.29 is 4.79 Å². The van der Waals surface area contributed by atoms with Gasteiger partial charge in [-0.2, -0.15) is 0 Å². The van der Waals surface area contributed by atoms with Gasteiger partial charge in [-0.1, -0.05) is 37.9 Å². The van der Waals surface area contributed by atoms with Crippen molar-refractivity contribution in [2.24, 2.45) is 5.41 Å². The number of hydrogen-bond donors (Lipinski definition) is 2. The minimum Gasteiger partial charge on any atom is -0.397 e. The molecule has 1 aliphatic carbocycles. The molecule has 98 valence electrons. The van der Waals surface area contributed by atoms with E-state index in [1.807, 2.05) is 0 Å². The summed E-state index contributed by atoms with van der Waals surface area (Å²) < 4.78 is 0. The molecule has 1 saturated carbocycles. The fourth-order valence-electron chi connectivity index (χ4n) is 2.57. The molecule has 0 bridgehead atoms. The standard InChI is InChI=1S/C14H19ClN2O/c1-14(2)8-4-7-11(14)17-13(18)9-5-3-6-10(15)12(9)16/h3,5-6,11H,4,7-8,16H2,1-2H3,(H,17,18). The van der Waals surface area contributed by atoms with Gasteiger partial charge in [0.05, 0.1) is 16.3 Å². The predicted octanol–water partition coefficient (Wildman–Crippen LogP) is 3.23. The van der Waals surface area contributed by atoms with Crippen molar-refractivity contribution in [3.05, 3.63) is 28.8 Å². The van der Waals surface area contributed by atoms with Crippen molar-refractivity contribution in [3.63, 3.8) is 0 Å². The van der Waals surface area contributed by atoms with Crippen LogP contribution in [0, 0.1) is 5.41 Å². The summed E-state index contributed by atoms with van der Waals surface area (Å²) in [5.41, 5.74) is 6.81. The van der Waals surface area contributed by atoms with Gasteiger partial charge in [0.1, 0.15) is 0 Å². The molecule has 1 amide bonds. The zero-order chi connectivity index (χ0) is 13.3. The van der Waals surface area contributed by atoms with Gasteiger partial charge in [-0.3, -0.25) is 4.79 Å². The number of halogens is 1. The molecule has 0 saturated heterocycles. The maximum atomic E-state index is 12.2. The van der Waals surface area contributed by atoms with Gasteiger partial charge in [-0.15, -0.1) is 0 Å². The molecule has 1 fully saturated rings. The summed E-state index contributed by atoms with van der Waals surface area (Å²) in [7, 11) is 0. The van der Waals surface area contributed by atoms with E-state index in [1.165, 1.54) is 0 Å². The van der Waals surface area contributed by atoms with Gasteiger partial charge in [0.2, 0.25) is 0 Å². The van der Waals surface area contributed by atoms with E-state index in [1.54, 1.807) is 18.2 Å². The molecule has 1 aromatic carbocycles. The molecule has 0 spiro atoms. The first-order valence-electron chi connectivity index (χ1n) is 6.26. The molecule has 1 aromatic rings. The van der Waals surface area contributed by atoms with Gasteiger partial charge in [-0.25, -0.2) is 0 Å². The van der Waals surface area contributed by atoms with Crippen molar-refractivity contribution in [3.8, 4) is 0 Å². The third kappa shape index (κ3) is 2.46. The van der Waals surface area contributed by atoms with E-state index in [4.69, 9.17) is 17.3 Å². The van der Waals surface area contributed by atoms with Gasteiger partial charge in [0, 0.05) is 6.04 Å². The maximum Gasteiger partial charge on any atom is 0.253 e.